The molecule has 0 saturated carbocycles. The van der Waals surface area contributed by atoms with E-state index >= 15 is 0 Å². The molecule has 0 spiro atoms. The number of Topliss-reactive ketones (excluding diaryl/α,β-unsaturated/α-hetero) is 1. The summed E-state index contributed by atoms with van der Waals surface area (Å²) in [5.41, 5.74) is 9.29. The zero-order valence-electron chi connectivity index (χ0n) is 22.2. The highest BCUT2D eigenvalue weighted by molar-refractivity contribution is 7.16. The number of carbonyl (C=O) groups is 2. The Bertz CT molecular complexity index is 1510. The van der Waals surface area contributed by atoms with E-state index < -0.39 is 22.2 Å². The van der Waals surface area contributed by atoms with Gasteiger partial charge in [-0.3, -0.25) is 19.8 Å². The fourth-order valence-corrected chi connectivity index (χ4v) is 7.43. The molecule has 0 bridgehead atoms. The number of non-ortho nitro benzene ring substituents is 1. The molecule has 0 unspecified atom stereocenters. The second kappa shape index (κ2) is 9.97. The molecular formula is C29H30N4O5S. The Labute approximate surface area is 230 Å². The van der Waals surface area contributed by atoms with Crippen molar-refractivity contribution in [2.45, 2.75) is 65.2 Å². The number of hydrogen-bond acceptors (Lipinski definition) is 9. The van der Waals surface area contributed by atoms with E-state index in [1.165, 1.54) is 23.5 Å². The summed E-state index contributed by atoms with van der Waals surface area (Å²) in [5, 5.41) is 22.5. The molecule has 1 atom stereocenters. The van der Waals surface area contributed by atoms with Crippen molar-refractivity contribution in [1.82, 2.24) is 0 Å². The SMILES string of the molecule is CCOC(=O)c1c(N2C(N)=C(C#N)[C@H](c3cccc([N+](=O)[O-])c3)C3=C2CC(C)(C)CC3=O)sc2c1CCCC2. The van der Waals surface area contributed by atoms with Gasteiger partial charge in [-0.05, 0) is 55.6 Å². The number of ketones is 1. The lowest BCUT2D eigenvalue weighted by Crippen LogP contribution is -2.42. The molecule has 1 aromatic carbocycles. The van der Waals surface area contributed by atoms with Crippen LogP contribution in [-0.2, 0) is 22.4 Å². The van der Waals surface area contributed by atoms with Gasteiger partial charge in [0, 0.05) is 34.7 Å². The lowest BCUT2D eigenvalue weighted by molar-refractivity contribution is -0.384. The van der Waals surface area contributed by atoms with Gasteiger partial charge < -0.3 is 10.5 Å². The Morgan fingerprint density at radius 2 is 2.05 bits per heavy atom. The summed E-state index contributed by atoms with van der Waals surface area (Å²) in [6.45, 7) is 5.97. The Morgan fingerprint density at radius 1 is 1.31 bits per heavy atom. The van der Waals surface area contributed by atoms with Crippen LogP contribution >= 0.6 is 11.3 Å². The predicted octanol–water partition coefficient (Wildman–Crippen LogP) is 5.65. The predicted molar refractivity (Wildman–Crippen MR) is 147 cm³/mol. The minimum absolute atomic E-state index is 0.127. The molecule has 1 aromatic heterocycles. The standard InChI is InChI=1S/C29H30N4O5S/c1-4-38-28(35)24-18-10-5-6-11-22(18)39-27(24)32-20-13-29(2,3)14-21(34)25(20)23(19(15-30)26(32)31)16-8-7-9-17(12-16)33(36)37/h7-9,12,23H,4-6,10-11,13-14,31H2,1-3H3/t23-/m0/s1. The minimum Gasteiger partial charge on any atom is -0.462 e. The molecule has 2 N–H and O–H groups in total. The van der Waals surface area contributed by atoms with Crippen LogP contribution in [0.15, 0.2) is 46.9 Å². The van der Waals surface area contributed by atoms with E-state index in [9.17, 15) is 25.0 Å². The van der Waals surface area contributed by atoms with Gasteiger partial charge in [-0.2, -0.15) is 5.26 Å². The number of fused-ring (bicyclic) bond motifs is 1. The number of allylic oxidation sites excluding steroid dienone is 3. The number of carbonyl (C=O) groups excluding carboxylic acids is 2. The summed E-state index contributed by atoms with van der Waals surface area (Å²) in [7, 11) is 0. The number of aryl methyl sites for hydroxylation is 1. The maximum absolute atomic E-state index is 13.8. The third kappa shape index (κ3) is 4.51. The first-order chi connectivity index (χ1) is 18.6. The quantitative estimate of drug-likeness (QED) is 0.288. The summed E-state index contributed by atoms with van der Waals surface area (Å²) in [6.07, 6.45) is 4.28. The maximum Gasteiger partial charge on any atom is 0.341 e. The number of nitro benzene ring substituents is 1. The number of anilines is 1. The lowest BCUT2D eigenvalue weighted by atomic mass is 9.68. The second-order valence-electron chi connectivity index (χ2n) is 10.9. The van der Waals surface area contributed by atoms with Crippen molar-refractivity contribution in [3.05, 3.63) is 78.6 Å². The van der Waals surface area contributed by atoms with Gasteiger partial charge in [-0.25, -0.2) is 4.79 Å². The van der Waals surface area contributed by atoms with Gasteiger partial charge in [0.25, 0.3) is 5.69 Å². The molecule has 9 nitrogen and oxygen atoms in total. The maximum atomic E-state index is 13.8. The van der Waals surface area contributed by atoms with Crippen molar-refractivity contribution in [1.29, 1.82) is 5.26 Å². The smallest absolute Gasteiger partial charge is 0.341 e. The summed E-state index contributed by atoms with van der Waals surface area (Å²) in [5.74, 6) is -1.29. The highest BCUT2D eigenvalue weighted by atomic mass is 32.1. The van der Waals surface area contributed by atoms with Gasteiger partial charge in [0.1, 0.15) is 10.8 Å². The Kier molecular flexibility index (Phi) is 6.81. The van der Waals surface area contributed by atoms with E-state index in [4.69, 9.17) is 10.5 Å². The van der Waals surface area contributed by atoms with Crippen molar-refractivity contribution in [2.75, 3.05) is 11.5 Å². The van der Waals surface area contributed by atoms with Crippen LogP contribution in [0, 0.1) is 26.9 Å². The summed E-state index contributed by atoms with van der Waals surface area (Å²) >= 11 is 1.47. The van der Waals surface area contributed by atoms with E-state index in [-0.39, 0.29) is 35.9 Å². The Hall–Kier alpha value is -3.97. The Balaban J connectivity index is 1.80. The monoisotopic (exact) mass is 546 g/mol. The number of benzene rings is 1. The molecule has 5 rings (SSSR count). The molecule has 0 amide bonds. The minimum atomic E-state index is -0.842. The number of nitrogens with zero attached hydrogens (tertiary/aromatic N) is 3. The van der Waals surface area contributed by atoms with E-state index in [1.54, 1.807) is 24.0 Å². The molecule has 0 radical (unpaired) electrons. The van der Waals surface area contributed by atoms with Gasteiger partial charge >= 0.3 is 5.97 Å². The van der Waals surface area contributed by atoms with E-state index in [1.807, 2.05) is 13.8 Å². The number of hydrogen-bond donors (Lipinski definition) is 1. The van der Waals surface area contributed by atoms with Crippen molar-refractivity contribution >= 4 is 33.8 Å². The highest BCUT2D eigenvalue weighted by Crippen LogP contribution is 2.53. The van der Waals surface area contributed by atoms with E-state index in [2.05, 4.69) is 6.07 Å². The van der Waals surface area contributed by atoms with Gasteiger partial charge in [-0.1, -0.05) is 26.0 Å². The summed E-state index contributed by atoms with van der Waals surface area (Å²) in [6, 6.07) is 8.21. The molecular weight excluding hydrogens is 516 g/mol. The van der Waals surface area contributed by atoms with Crippen molar-refractivity contribution < 1.29 is 19.2 Å². The molecule has 1 aliphatic heterocycles. The van der Waals surface area contributed by atoms with Crippen LogP contribution in [0.2, 0.25) is 0 Å². The first kappa shape index (κ1) is 26.6. The molecule has 2 aliphatic carbocycles. The lowest BCUT2D eigenvalue weighted by Gasteiger charge is -2.43. The average molecular weight is 547 g/mol. The van der Waals surface area contributed by atoms with Crippen LogP contribution in [0.4, 0.5) is 10.7 Å². The third-order valence-electron chi connectivity index (χ3n) is 7.63. The first-order valence-electron chi connectivity index (χ1n) is 13.1. The van der Waals surface area contributed by atoms with E-state index in [0.29, 0.717) is 33.8 Å². The van der Waals surface area contributed by atoms with Gasteiger partial charge in [0.2, 0.25) is 0 Å². The van der Waals surface area contributed by atoms with Crippen molar-refractivity contribution in [3.63, 3.8) is 0 Å². The number of nitrogens with two attached hydrogens (primary N) is 1. The highest BCUT2D eigenvalue weighted by Gasteiger charge is 2.46. The van der Waals surface area contributed by atoms with Crippen LogP contribution in [0.5, 0.6) is 0 Å². The van der Waals surface area contributed by atoms with Crippen LogP contribution in [0.3, 0.4) is 0 Å². The molecule has 3 aliphatic rings. The number of esters is 1. The third-order valence-corrected chi connectivity index (χ3v) is 8.91. The molecule has 2 heterocycles. The van der Waals surface area contributed by atoms with Gasteiger partial charge in [0.05, 0.1) is 34.7 Å². The molecule has 39 heavy (non-hydrogen) atoms. The van der Waals surface area contributed by atoms with Crippen molar-refractivity contribution in [3.8, 4) is 6.07 Å². The second-order valence-corrected chi connectivity index (χ2v) is 12.0. The summed E-state index contributed by atoms with van der Waals surface area (Å²) in [4.78, 5) is 41.0. The number of nitro groups is 1. The number of rotatable bonds is 5. The van der Waals surface area contributed by atoms with Crippen molar-refractivity contribution in [2.24, 2.45) is 11.1 Å². The van der Waals surface area contributed by atoms with Gasteiger partial charge in [-0.15, -0.1) is 11.3 Å². The number of ether oxygens (including phenoxy) is 1. The topological polar surface area (TPSA) is 140 Å². The fraction of sp³-hybridized carbons (Fsp3) is 0.414. The van der Waals surface area contributed by atoms with E-state index in [0.717, 1.165) is 36.1 Å². The zero-order valence-corrected chi connectivity index (χ0v) is 23.0. The number of nitriles is 1. The zero-order chi connectivity index (χ0) is 28.1. The normalized spacial score (nSPS) is 20.3. The van der Waals surface area contributed by atoms with Crippen LogP contribution < -0.4 is 10.6 Å². The largest absolute Gasteiger partial charge is 0.462 e. The molecule has 202 valence electrons. The summed E-state index contributed by atoms with van der Waals surface area (Å²) < 4.78 is 5.47. The first-order valence-corrected chi connectivity index (χ1v) is 13.9. The number of thiophene rings is 1. The molecule has 10 heteroatoms. The average Bonchev–Trinajstić information content (AvgIpc) is 3.26. The molecule has 2 aromatic rings. The molecule has 0 saturated heterocycles. The van der Waals surface area contributed by atoms with Crippen LogP contribution in [-0.4, -0.2) is 23.3 Å². The van der Waals surface area contributed by atoms with Crippen LogP contribution in [0.1, 0.15) is 78.7 Å². The Morgan fingerprint density at radius 3 is 2.74 bits per heavy atom. The molecule has 0 fully saturated rings. The fourth-order valence-electron chi connectivity index (χ4n) is 6.01. The van der Waals surface area contributed by atoms with Crippen LogP contribution in [0.25, 0.3) is 0 Å². The van der Waals surface area contributed by atoms with Gasteiger partial charge in [0.15, 0.2) is 5.78 Å².